The molecule has 0 aliphatic rings. The van der Waals surface area contributed by atoms with Crippen molar-refractivity contribution in [1.82, 2.24) is 15.1 Å². The molecule has 0 aromatic carbocycles. The van der Waals surface area contributed by atoms with Gasteiger partial charge in [-0.15, -0.1) is 0 Å². The molecule has 1 aromatic rings. The van der Waals surface area contributed by atoms with Crippen LogP contribution in [0.1, 0.15) is 18.5 Å². The summed E-state index contributed by atoms with van der Waals surface area (Å²) in [6.45, 7) is 2.26. The third kappa shape index (κ3) is 3.89. The van der Waals surface area contributed by atoms with Gasteiger partial charge in [0.25, 0.3) is 0 Å². The molecule has 1 aromatic heterocycles. The number of nitrogens with one attached hydrogen (secondary N) is 1. The molecule has 0 aliphatic carbocycles. The van der Waals surface area contributed by atoms with E-state index in [4.69, 9.17) is 5.11 Å². The molecule has 4 heteroatoms. The van der Waals surface area contributed by atoms with Crippen molar-refractivity contribution in [1.29, 1.82) is 0 Å². The first-order valence-corrected chi connectivity index (χ1v) is 5.13. The smallest absolute Gasteiger partial charge is 0.0492 e. The molecule has 0 aliphatic heterocycles. The second-order valence-electron chi connectivity index (χ2n) is 3.38. The number of aromatic nitrogens is 2. The summed E-state index contributed by atoms with van der Waals surface area (Å²) in [7, 11) is 1.96. The van der Waals surface area contributed by atoms with Gasteiger partial charge in [-0.3, -0.25) is 4.68 Å². The Balaban J connectivity index is 2.02. The minimum absolute atomic E-state index is 0.295. The van der Waals surface area contributed by atoms with E-state index in [0.717, 1.165) is 32.4 Å². The molecular formula is C10H19N3O. The minimum Gasteiger partial charge on any atom is -0.396 e. The molecule has 2 N–H and O–H groups in total. The van der Waals surface area contributed by atoms with Crippen LogP contribution >= 0.6 is 0 Å². The van der Waals surface area contributed by atoms with Crippen LogP contribution in [0.4, 0.5) is 0 Å². The predicted molar refractivity (Wildman–Crippen MR) is 56.1 cm³/mol. The van der Waals surface area contributed by atoms with Crippen LogP contribution in [0.3, 0.4) is 0 Å². The highest BCUT2D eigenvalue weighted by atomic mass is 16.2. The van der Waals surface area contributed by atoms with E-state index in [9.17, 15) is 0 Å². The predicted octanol–water partition coefficient (Wildman–Crippen LogP) is 0.325. The third-order valence-corrected chi connectivity index (χ3v) is 2.24. The second-order valence-corrected chi connectivity index (χ2v) is 3.38. The Morgan fingerprint density at radius 3 is 2.93 bits per heavy atom. The summed E-state index contributed by atoms with van der Waals surface area (Å²) in [5.74, 6) is 0. The zero-order valence-electron chi connectivity index (χ0n) is 8.74. The number of hydrogen-bond acceptors (Lipinski definition) is 3. The maximum atomic E-state index is 8.57. The monoisotopic (exact) mass is 197 g/mol. The Hall–Kier alpha value is -0.870. The molecule has 0 amide bonds. The first-order valence-electron chi connectivity index (χ1n) is 5.13. The SMILES string of the molecule is Cn1nccc1CCNCCCCO. The van der Waals surface area contributed by atoms with E-state index in [1.54, 1.807) is 0 Å². The van der Waals surface area contributed by atoms with Crippen LogP contribution in [0, 0.1) is 0 Å². The number of aliphatic hydroxyl groups excluding tert-OH is 1. The topological polar surface area (TPSA) is 50.1 Å². The molecular weight excluding hydrogens is 178 g/mol. The lowest BCUT2D eigenvalue weighted by Crippen LogP contribution is -2.19. The van der Waals surface area contributed by atoms with Crippen molar-refractivity contribution in [3.8, 4) is 0 Å². The van der Waals surface area contributed by atoms with E-state index >= 15 is 0 Å². The normalized spacial score (nSPS) is 10.7. The summed E-state index contributed by atoms with van der Waals surface area (Å²) in [6.07, 6.45) is 4.76. The van der Waals surface area contributed by atoms with Crippen molar-refractivity contribution in [3.63, 3.8) is 0 Å². The lowest BCUT2D eigenvalue weighted by atomic mass is 10.3. The van der Waals surface area contributed by atoms with Crippen molar-refractivity contribution < 1.29 is 5.11 Å². The summed E-state index contributed by atoms with van der Waals surface area (Å²) in [5.41, 5.74) is 1.25. The molecule has 1 heterocycles. The molecule has 0 saturated heterocycles. The quantitative estimate of drug-likeness (QED) is 0.619. The van der Waals surface area contributed by atoms with Crippen LogP contribution in [-0.2, 0) is 13.5 Å². The average molecular weight is 197 g/mol. The van der Waals surface area contributed by atoms with Crippen molar-refractivity contribution in [2.24, 2.45) is 7.05 Å². The summed E-state index contributed by atoms with van der Waals surface area (Å²) < 4.78 is 1.90. The van der Waals surface area contributed by atoms with Gasteiger partial charge in [-0.1, -0.05) is 0 Å². The van der Waals surface area contributed by atoms with Crippen molar-refractivity contribution in [2.45, 2.75) is 19.3 Å². The summed E-state index contributed by atoms with van der Waals surface area (Å²) in [6, 6.07) is 2.04. The van der Waals surface area contributed by atoms with Gasteiger partial charge in [0.05, 0.1) is 0 Å². The average Bonchev–Trinajstić information content (AvgIpc) is 2.58. The van der Waals surface area contributed by atoms with E-state index in [0.29, 0.717) is 6.61 Å². The standard InChI is InChI=1S/C10H19N3O/c1-13-10(5-8-12-13)4-7-11-6-2-3-9-14/h5,8,11,14H,2-4,6-7,9H2,1H3. The van der Waals surface area contributed by atoms with Gasteiger partial charge in [-0.05, 0) is 25.5 Å². The zero-order chi connectivity index (χ0) is 10.2. The van der Waals surface area contributed by atoms with Crippen molar-refractivity contribution >= 4 is 0 Å². The molecule has 0 spiro atoms. The fourth-order valence-electron chi connectivity index (χ4n) is 1.35. The van der Waals surface area contributed by atoms with Crippen LogP contribution in [0.5, 0.6) is 0 Å². The van der Waals surface area contributed by atoms with Gasteiger partial charge in [-0.25, -0.2) is 0 Å². The van der Waals surface area contributed by atoms with Crippen molar-refractivity contribution in [2.75, 3.05) is 19.7 Å². The van der Waals surface area contributed by atoms with Gasteiger partial charge in [-0.2, -0.15) is 5.10 Å². The largest absolute Gasteiger partial charge is 0.396 e. The van der Waals surface area contributed by atoms with Crippen LogP contribution in [0.15, 0.2) is 12.3 Å². The van der Waals surface area contributed by atoms with Gasteiger partial charge in [0, 0.05) is 38.5 Å². The highest BCUT2D eigenvalue weighted by Crippen LogP contribution is 1.96. The summed E-state index contributed by atoms with van der Waals surface area (Å²) >= 11 is 0. The number of unbranched alkanes of at least 4 members (excludes halogenated alkanes) is 1. The third-order valence-electron chi connectivity index (χ3n) is 2.24. The first kappa shape index (κ1) is 11.2. The minimum atomic E-state index is 0.295. The maximum Gasteiger partial charge on any atom is 0.0492 e. The van der Waals surface area contributed by atoms with Crippen molar-refractivity contribution in [3.05, 3.63) is 18.0 Å². The Bertz CT molecular complexity index is 247. The maximum absolute atomic E-state index is 8.57. The molecule has 0 radical (unpaired) electrons. The molecule has 0 saturated carbocycles. The van der Waals surface area contributed by atoms with Gasteiger partial charge in [0.1, 0.15) is 0 Å². The summed E-state index contributed by atoms with van der Waals surface area (Å²) in [5, 5.41) is 16.0. The van der Waals surface area contributed by atoms with E-state index in [1.807, 2.05) is 24.0 Å². The fraction of sp³-hybridized carbons (Fsp3) is 0.700. The molecule has 0 unspecified atom stereocenters. The van der Waals surface area contributed by atoms with Crippen LogP contribution in [0.2, 0.25) is 0 Å². The van der Waals surface area contributed by atoms with E-state index in [2.05, 4.69) is 10.4 Å². The van der Waals surface area contributed by atoms with Crippen LogP contribution in [-0.4, -0.2) is 34.6 Å². The number of nitrogens with zero attached hydrogens (tertiary/aromatic N) is 2. The van der Waals surface area contributed by atoms with E-state index in [-0.39, 0.29) is 0 Å². The molecule has 14 heavy (non-hydrogen) atoms. The lowest BCUT2D eigenvalue weighted by Gasteiger charge is -2.04. The molecule has 0 bridgehead atoms. The Labute approximate surface area is 84.9 Å². The van der Waals surface area contributed by atoms with E-state index < -0.39 is 0 Å². The molecule has 0 atom stereocenters. The van der Waals surface area contributed by atoms with Crippen LogP contribution in [0.25, 0.3) is 0 Å². The Kier molecular flexibility index (Phi) is 5.25. The highest BCUT2D eigenvalue weighted by molar-refractivity contribution is 5.00. The van der Waals surface area contributed by atoms with Gasteiger partial charge < -0.3 is 10.4 Å². The van der Waals surface area contributed by atoms with E-state index in [1.165, 1.54) is 5.69 Å². The lowest BCUT2D eigenvalue weighted by molar-refractivity contribution is 0.284. The number of aryl methyl sites for hydroxylation is 1. The van der Waals surface area contributed by atoms with Gasteiger partial charge in [0.15, 0.2) is 0 Å². The van der Waals surface area contributed by atoms with Gasteiger partial charge >= 0.3 is 0 Å². The molecule has 4 nitrogen and oxygen atoms in total. The van der Waals surface area contributed by atoms with Crippen LogP contribution < -0.4 is 5.32 Å². The number of hydrogen-bond donors (Lipinski definition) is 2. The Morgan fingerprint density at radius 2 is 2.29 bits per heavy atom. The zero-order valence-corrected chi connectivity index (χ0v) is 8.74. The number of rotatable bonds is 7. The fourth-order valence-corrected chi connectivity index (χ4v) is 1.35. The number of aliphatic hydroxyl groups is 1. The molecule has 80 valence electrons. The highest BCUT2D eigenvalue weighted by Gasteiger charge is 1.96. The van der Waals surface area contributed by atoms with Gasteiger partial charge in [0.2, 0.25) is 0 Å². The Morgan fingerprint density at radius 1 is 1.43 bits per heavy atom. The summed E-state index contributed by atoms with van der Waals surface area (Å²) in [4.78, 5) is 0. The first-order chi connectivity index (χ1) is 6.84. The molecule has 0 fully saturated rings. The second kappa shape index (κ2) is 6.56. The molecule has 1 rings (SSSR count).